The van der Waals surface area contributed by atoms with Gasteiger partial charge in [-0.25, -0.2) is 4.79 Å². The van der Waals surface area contributed by atoms with Gasteiger partial charge >= 0.3 is 5.97 Å². The molecule has 0 aliphatic carbocycles. The summed E-state index contributed by atoms with van der Waals surface area (Å²) in [4.78, 5) is 25.0. The van der Waals surface area contributed by atoms with Crippen molar-refractivity contribution in [1.82, 2.24) is 8.75 Å². The van der Waals surface area contributed by atoms with E-state index < -0.39 is 5.97 Å². The average molecular weight is 289 g/mol. The summed E-state index contributed by atoms with van der Waals surface area (Å²) in [7, 11) is 0. The monoisotopic (exact) mass is 289 g/mol. The Hall–Kier alpha value is -2.28. The number of carbonyl (C=O) groups is 2. The van der Waals surface area contributed by atoms with Crippen molar-refractivity contribution in [2.75, 3.05) is 11.4 Å². The lowest BCUT2D eigenvalue weighted by atomic mass is 10.3. The third-order valence-corrected chi connectivity index (χ3v) is 3.48. The minimum atomic E-state index is -0.538. The van der Waals surface area contributed by atoms with Crippen LogP contribution in [0, 0.1) is 0 Å². The Kier molecular flexibility index (Phi) is 3.42. The van der Waals surface area contributed by atoms with E-state index in [1.807, 2.05) is 0 Å². The maximum atomic E-state index is 11.7. The average Bonchev–Trinajstić information content (AvgIpc) is 3.11. The molecule has 20 heavy (non-hydrogen) atoms. The molecule has 102 valence electrons. The molecule has 1 saturated heterocycles. The summed E-state index contributed by atoms with van der Waals surface area (Å²) in [5, 5.41) is 0. The van der Waals surface area contributed by atoms with Gasteiger partial charge in [-0.2, -0.15) is 8.75 Å². The van der Waals surface area contributed by atoms with Crippen LogP contribution in [0.2, 0.25) is 0 Å². The third kappa shape index (κ3) is 2.53. The zero-order valence-corrected chi connectivity index (χ0v) is 11.3. The molecule has 1 fully saturated rings. The third-order valence-electron chi connectivity index (χ3n) is 3.00. The molecule has 1 aromatic heterocycles. The molecule has 1 aliphatic rings. The predicted molar refractivity (Wildman–Crippen MR) is 72.9 cm³/mol. The standard InChI is InChI=1S/C13H11N3O3S/c17-12-2-1-7-16(12)9-3-5-10(6-4-9)19-13(18)11-8-14-20-15-11/h3-6,8H,1-2,7H2. The van der Waals surface area contributed by atoms with Crippen LogP contribution < -0.4 is 9.64 Å². The highest BCUT2D eigenvalue weighted by Gasteiger charge is 2.21. The Morgan fingerprint density at radius 3 is 2.70 bits per heavy atom. The lowest BCUT2D eigenvalue weighted by Crippen LogP contribution is -2.23. The normalized spacial score (nSPS) is 14.6. The Morgan fingerprint density at radius 2 is 2.10 bits per heavy atom. The van der Waals surface area contributed by atoms with Crippen LogP contribution in [0.3, 0.4) is 0 Å². The molecule has 1 aliphatic heterocycles. The highest BCUT2D eigenvalue weighted by Crippen LogP contribution is 2.24. The summed E-state index contributed by atoms with van der Waals surface area (Å²) in [6.07, 6.45) is 2.84. The van der Waals surface area contributed by atoms with Crippen molar-refractivity contribution in [1.29, 1.82) is 0 Å². The van der Waals surface area contributed by atoms with Crippen molar-refractivity contribution in [3.8, 4) is 5.75 Å². The Morgan fingerprint density at radius 1 is 1.30 bits per heavy atom. The molecular weight excluding hydrogens is 278 g/mol. The number of ether oxygens (including phenoxy) is 1. The Balaban J connectivity index is 1.70. The van der Waals surface area contributed by atoms with Crippen LogP contribution in [0.5, 0.6) is 5.75 Å². The molecular formula is C13H11N3O3S. The number of hydrogen-bond acceptors (Lipinski definition) is 6. The molecule has 0 saturated carbocycles. The molecule has 7 heteroatoms. The molecule has 0 radical (unpaired) electrons. The van der Waals surface area contributed by atoms with Crippen molar-refractivity contribution in [3.63, 3.8) is 0 Å². The largest absolute Gasteiger partial charge is 0.422 e. The molecule has 0 bridgehead atoms. The van der Waals surface area contributed by atoms with Gasteiger partial charge in [-0.1, -0.05) is 0 Å². The van der Waals surface area contributed by atoms with E-state index in [9.17, 15) is 9.59 Å². The number of rotatable bonds is 3. The van der Waals surface area contributed by atoms with Gasteiger partial charge in [0, 0.05) is 18.7 Å². The maximum Gasteiger partial charge on any atom is 0.365 e. The molecule has 0 spiro atoms. The predicted octanol–water partition coefficient (Wildman–Crippen LogP) is 1.88. The van der Waals surface area contributed by atoms with Crippen LogP contribution in [0.25, 0.3) is 0 Å². The van der Waals surface area contributed by atoms with Crippen molar-refractivity contribution in [3.05, 3.63) is 36.2 Å². The van der Waals surface area contributed by atoms with E-state index >= 15 is 0 Å². The highest BCUT2D eigenvalue weighted by molar-refractivity contribution is 6.99. The first-order valence-corrected chi connectivity index (χ1v) is 6.87. The molecule has 0 N–H and O–H groups in total. The summed E-state index contributed by atoms with van der Waals surface area (Å²) in [5.41, 5.74) is 1.01. The van der Waals surface area contributed by atoms with E-state index in [-0.39, 0.29) is 11.6 Å². The number of benzene rings is 1. The van der Waals surface area contributed by atoms with Crippen molar-refractivity contribution < 1.29 is 14.3 Å². The Bertz CT molecular complexity index is 625. The number of esters is 1. The molecule has 0 unspecified atom stereocenters. The second kappa shape index (κ2) is 5.38. The zero-order valence-electron chi connectivity index (χ0n) is 10.5. The van der Waals surface area contributed by atoms with Gasteiger partial charge in [0.15, 0.2) is 5.69 Å². The van der Waals surface area contributed by atoms with Gasteiger partial charge < -0.3 is 9.64 Å². The fourth-order valence-electron chi connectivity index (χ4n) is 2.03. The van der Waals surface area contributed by atoms with E-state index in [0.717, 1.165) is 30.4 Å². The highest BCUT2D eigenvalue weighted by atomic mass is 32.1. The number of carbonyl (C=O) groups excluding carboxylic acids is 2. The van der Waals surface area contributed by atoms with Crippen LogP contribution in [0.15, 0.2) is 30.5 Å². The maximum absolute atomic E-state index is 11.7. The minimum Gasteiger partial charge on any atom is -0.422 e. The topological polar surface area (TPSA) is 72.4 Å². The first-order valence-electron chi connectivity index (χ1n) is 6.14. The van der Waals surface area contributed by atoms with Gasteiger partial charge in [0.1, 0.15) is 5.75 Å². The van der Waals surface area contributed by atoms with Gasteiger partial charge in [0.2, 0.25) is 5.91 Å². The van der Waals surface area contributed by atoms with Crippen LogP contribution in [0.4, 0.5) is 5.69 Å². The number of nitrogens with zero attached hydrogens (tertiary/aromatic N) is 3. The van der Waals surface area contributed by atoms with Crippen LogP contribution in [-0.2, 0) is 4.79 Å². The molecule has 6 nitrogen and oxygen atoms in total. The quantitative estimate of drug-likeness (QED) is 0.637. The lowest BCUT2D eigenvalue weighted by Gasteiger charge is -2.15. The van der Waals surface area contributed by atoms with Crippen molar-refractivity contribution >= 4 is 29.3 Å². The minimum absolute atomic E-state index is 0.128. The van der Waals surface area contributed by atoms with Gasteiger partial charge in [0.25, 0.3) is 0 Å². The fraction of sp³-hybridized carbons (Fsp3) is 0.231. The molecule has 3 rings (SSSR count). The first-order chi connectivity index (χ1) is 9.74. The number of aromatic nitrogens is 2. The second-order valence-electron chi connectivity index (χ2n) is 4.33. The molecule has 2 aromatic rings. The Labute approximate surface area is 119 Å². The number of hydrogen-bond donors (Lipinski definition) is 0. The summed E-state index contributed by atoms with van der Waals surface area (Å²) >= 11 is 0.953. The van der Waals surface area contributed by atoms with Crippen LogP contribution >= 0.6 is 11.7 Å². The van der Waals surface area contributed by atoms with Gasteiger partial charge in [-0.05, 0) is 30.7 Å². The van der Waals surface area contributed by atoms with Gasteiger partial charge in [-0.3, -0.25) is 4.79 Å². The molecule has 1 amide bonds. The molecule has 1 aromatic carbocycles. The summed E-state index contributed by atoms with van der Waals surface area (Å²) < 4.78 is 12.7. The summed E-state index contributed by atoms with van der Waals surface area (Å²) in [5.74, 6) is 0.00503. The van der Waals surface area contributed by atoms with Gasteiger partial charge in [-0.15, -0.1) is 0 Å². The molecule has 2 heterocycles. The van der Waals surface area contributed by atoms with Crippen LogP contribution in [0.1, 0.15) is 23.3 Å². The number of anilines is 1. The van der Waals surface area contributed by atoms with E-state index in [1.54, 1.807) is 29.2 Å². The molecule has 0 atom stereocenters. The SMILES string of the molecule is O=C(Oc1ccc(N2CCCC2=O)cc1)c1cnsn1. The van der Waals surface area contributed by atoms with E-state index in [4.69, 9.17) is 4.74 Å². The fourth-order valence-corrected chi connectivity index (χ4v) is 2.43. The van der Waals surface area contributed by atoms with Crippen molar-refractivity contribution in [2.24, 2.45) is 0 Å². The lowest BCUT2D eigenvalue weighted by molar-refractivity contribution is -0.117. The first kappa shape index (κ1) is 12.7. The van der Waals surface area contributed by atoms with E-state index in [0.29, 0.717) is 12.2 Å². The van der Waals surface area contributed by atoms with E-state index in [1.165, 1.54) is 6.20 Å². The number of amides is 1. The zero-order chi connectivity index (χ0) is 13.9. The van der Waals surface area contributed by atoms with Crippen LogP contribution in [-0.4, -0.2) is 27.2 Å². The van der Waals surface area contributed by atoms with Crippen molar-refractivity contribution in [2.45, 2.75) is 12.8 Å². The smallest absolute Gasteiger partial charge is 0.365 e. The second-order valence-corrected chi connectivity index (χ2v) is 4.88. The summed E-state index contributed by atoms with van der Waals surface area (Å²) in [6.45, 7) is 0.739. The summed E-state index contributed by atoms with van der Waals surface area (Å²) in [6, 6.07) is 6.87. The van der Waals surface area contributed by atoms with Gasteiger partial charge in [0.05, 0.1) is 17.9 Å². The van der Waals surface area contributed by atoms with E-state index in [2.05, 4.69) is 8.75 Å².